The van der Waals surface area contributed by atoms with Crippen molar-refractivity contribution in [2.45, 2.75) is 25.4 Å². The van der Waals surface area contributed by atoms with Crippen molar-refractivity contribution in [2.24, 2.45) is 7.05 Å². The van der Waals surface area contributed by atoms with Gasteiger partial charge < -0.3 is 5.32 Å². The summed E-state index contributed by atoms with van der Waals surface area (Å²) in [6.07, 6.45) is 5.10. The molecule has 1 N–H and O–H groups in total. The Hall–Kier alpha value is -1.92. The van der Waals surface area contributed by atoms with E-state index in [0.29, 0.717) is 29.2 Å². The van der Waals surface area contributed by atoms with Crippen LogP contribution in [0.5, 0.6) is 0 Å². The summed E-state index contributed by atoms with van der Waals surface area (Å²) < 4.78 is 15.5. The fourth-order valence-electron chi connectivity index (χ4n) is 3.03. The molecular formula is C17H20ClFN4O. The summed E-state index contributed by atoms with van der Waals surface area (Å²) in [5.74, 6) is -0.414. The van der Waals surface area contributed by atoms with Gasteiger partial charge in [-0.25, -0.2) is 4.39 Å². The molecule has 1 saturated heterocycles. The quantitative estimate of drug-likeness (QED) is 0.922. The lowest BCUT2D eigenvalue weighted by molar-refractivity contribution is 0.0900. The Morgan fingerprint density at radius 2 is 2.33 bits per heavy atom. The SMILES string of the molecule is Cn1cc(C(=O)NC2CCCN(Cc3c(F)cccc3Cl)C2)cn1. The number of nitrogens with zero attached hydrogens (tertiary/aromatic N) is 3. The highest BCUT2D eigenvalue weighted by molar-refractivity contribution is 6.31. The Balaban J connectivity index is 1.61. The van der Waals surface area contributed by atoms with Crippen LogP contribution in [0, 0.1) is 5.82 Å². The van der Waals surface area contributed by atoms with Crippen LogP contribution in [0.3, 0.4) is 0 Å². The minimum atomic E-state index is -0.288. The van der Waals surface area contributed by atoms with Crippen molar-refractivity contribution in [3.63, 3.8) is 0 Å². The molecule has 1 amide bonds. The minimum Gasteiger partial charge on any atom is -0.348 e. The van der Waals surface area contributed by atoms with Crippen LogP contribution < -0.4 is 5.32 Å². The summed E-state index contributed by atoms with van der Waals surface area (Å²) >= 11 is 6.11. The smallest absolute Gasteiger partial charge is 0.254 e. The lowest BCUT2D eigenvalue weighted by atomic mass is 10.0. The number of hydrogen-bond acceptors (Lipinski definition) is 3. The number of piperidine rings is 1. The minimum absolute atomic E-state index is 0.0389. The Bertz CT molecular complexity index is 713. The number of nitrogens with one attached hydrogen (secondary N) is 1. The molecule has 0 bridgehead atoms. The average molecular weight is 351 g/mol. The molecule has 3 rings (SSSR count). The van der Waals surface area contributed by atoms with Gasteiger partial charge in [0.1, 0.15) is 5.82 Å². The van der Waals surface area contributed by atoms with Gasteiger partial charge in [0.05, 0.1) is 11.8 Å². The maximum absolute atomic E-state index is 13.9. The van der Waals surface area contributed by atoms with E-state index in [9.17, 15) is 9.18 Å². The molecule has 1 atom stereocenters. The molecule has 1 unspecified atom stereocenters. The zero-order valence-electron chi connectivity index (χ0n) is 13.5. The van der Waals surface area contributed by atoms with Crippen molar-refractivity contribution in [2.75, 3.05) is 13.1 Å². The Kier molecular flexibility index (Phi) is 5.16. The highest BCUT2D eigenvalue weighted by Crippen LogP contribution is 2.22. The molecule has 1 aliphatic heterocycles. The second-order valence-electron chi connectivity index (χ2n) is 6.15. The summed E-state index contributed by atoms with van der Waals surface area (Å²) in [5.41, 5.74) is 1.06. The Morgan fingerprint density at radius 3 is 3.04 bits per heavy atom. The third-order valence-electron chi connectivity index (χ3n) is 4.25. The topological polar surface area (TPSA) is 50.2 Å². The molecule has 2 aromatic rings. The lowest BCUT2D eigenvalue weighted by Crippen LogP contribution is -2.47. The van der Waals surface area contributed by atoms with Gasteiger partial charge in [-0.05, 0) is 31.5 Å². The van der Waals surface area contributed by atoms with Crippen LogP contribution in [0.15, 0.2) is 30.6 Å². The summed E-state index contributed by atoms with van der Waals surface area (Å²) in [4.78, 5) is 14.4. The summed E-state index contributed by atoms with van der Waals surface area (Å²) in [5, 5.41) is 7.48. The van der Waals surface area contributed by atoms with Gasteiger partial charge in [-0.1, -0.05) is 17.7 Å². The molecule has 0 aliphatic carbocycles. The number of rotatable bonds is 4. The van der Waals surface area contributed by atoms with E-state index < -0.39 is 0 Å². The normalized spacial score (nSPS) is 18.5. The standard InChI is InChI=1S/C17H20ClFN4O/c1-22-9-12(8-20-22)17(24)21-13-4-3-7-23(10-13)11-14-15(18)5-2-6-16(14)19/h2,5-6,8-9,13H,3-4,7,10-11H2,1H3,(H,21,24). The number of likely N-dealkylation sites (tertiary alicyclic amines) is 1. The number of carbonyl (C=O) groups is 1. The zero-order chi connectivity index (χ0) is 17.1. The van der Waals surface area contributed by atoms with Crippen LogP contribution in [0.1, 0.15) is 28.8 Å². The number of aryl methyl sites for hydroxylation is 1. The van der Waals surface area contributed by atoms with Crippen LogP contribution in [-0.4, -0.2) is 39.7 Å². The summed E-state index contributed by atoms with van der Waals surface area (Å²) in [6, 6.07) is 4.77. The lowest BCUT2D eigenvalue weighted by Gasteiger charge is -2.33. The maximum Gasteiger partial charge on any atom is 0.254 e. The van der Waals surface area contributed by atoms with Crippen LogP contribution in [0.4, 0.5) is 4.39 Å². The van der Waals surface area contributed by atoms with Gasteiger partial charge in [0.15, 0.2) is 0 Å². The van der Waals surface area contributed by atoms with Gasteiger partial charge in [0.2, 0.25) is 0 Å². The molecule has 128 valence electrons. The van der Waals surface area contributed by atoms with Gasteiger partial charge in [0, 0.05) is 43.0 Å². The molecule has 7 heteroatoms. The number of carbonyl (C=O) groups excluding carboxylic acids is 1. The van der Waals surface area contributed by atoms with Gasteiger partial charge in [0.25, 0.3) is 5.91 Å². The maximum atomic E-state index is 13.9. The molecule has 2 heterocycles. The number of halogens is 2. The first-order valence-corrected chi connectivity index (χ1v) is 8.35. The van der Waals surface area contributed by atoms with E-state index in [1.807, 2.05) is 0 Å². The van der Waals surface area contributed by atoms with Crippen molar-refractivity contribution in [1.82, 2.24) is 20.0 Å². The summed E-state index contributed by atoms with van der Waals surface area (Å²) in [7, 11) is 1.78. The first-order chi connectivity index (χ1) is 11.5. The van der Waals surface area contributed by atoms with Gasteiger partial charge in [-0.15, -0.1) is 0 Å². The van der Waals surface area contributed by atoms with Gasteiger partial charge in [-0.2, -0.15) is 5.10 Å². The molecule has 1 aliphatic rings. The van der Waals surface area contributed by atoms with Crippen LogP contribution in [0.25, 0.3) is 0 Å². The number of benzene rings is 1. The monoisotopic (exact) mass is 350 g/mol. The van der Waals surface area contributed by atoms with E-state index in [-0.39, 0.29) is 17.8 Å². The molecule has 5 nitrogen and oxygen atoms in total. The summed E-state index contributed by atoms with van der Waals surface area (Å²) in [6.45, 7) is 1.99. The van der Waals surface area contributed by atoms with Crippen LogP contribution in [0.2, 0.25) is 5.02 Å². The molecule has 0 spiro atoms. The fraction of sp³-hybridized carbons (Fsp3) is 0.412. The third-order valence-corrected chi connectivity index (χ3v) is 4.61. The predicted molar refractivity (Wildman–Crippen MR) is 90.4 cm³/mol. The third kappa shape index (κ3) is 3.94. The van der Waals surface area contributed by atoms with Crippen molar-refractivity contribution >= 4 is 17.5 Å². The molecule has 0 radical (unpaired) electrons. The highest BCUT2D eigenvalue weighted by Gasteiger charge is 2.23. The molecular weight excluding hydrogens is 331 g/mol. The Labute approximate surface area is 145 Å². The fourth-order valence-corrected chi connectivity index (χ4v) is 3.25. The first-order valence-electron chi connectivity index (χ1n) is 7.97. The van der Waals surface area contributed by atoms with Crippen molar-refractivity contribution in [3.8, 4) is 0 Å². The number of aromatic nitrogens is 2. The number of hydrogen-bond donors (Lipinski definition) is 1. The average Bonchev–Trinajstić information content (AvgIpc) is 2.98. The van der Waals surface area contributed by atoms with E-state index in [1.54, 1.807) is 36.3 Å². The largest absolute Gasteiger partial charge is 0.348 e. The molecule has 1 fully saturated rings. The second kappa shape index (κ2) is 7.32. The molecule has 1 aromatic carbocycles. The molecule has 1 aromatic heterocycles. The van der Waals surface area contributed by atoms with Crippen molar-refractivity contribution in [1.29, 1.82) is 0 Å². The second-order valence-corrected chi connectivity index (χ2v) is 6.56. The van der Waals surface area contributed by atoms with Crippen LogP contribution in [-0.2, 0) is 13.6 Å². The van der Waals surface area contributed by atoms with Gasteiger partial charge >= 0.3 is 0 Å². The van der Waals surface area contributed by atoms with E-state index in [1.165, 1.54) is 6.07 Å². The van der Waals surface area contributed by atoms with E-state index >= 15 is 0 Å². The van der Waals surface area contributed by atoms with E-state index in [0.717, 1.165) is 19.4 Å². The molecule has 0 saturated carbocycles. The predicted octanol–water partition coefficient (Wildman–Crippen LogP) is 2.61. The number of amides is 1. The van der Waals surface area contributed by atoms with Crippen molar-refractivity contribution in [3.05, 3.63) is 52.6 Å². The van der Waals surface area contributed by atoms with Crippen LogP contribution >= 0.6 is 11.6 Å². The Morgan fingerprint density at radius 1 is 1.50 bits per heavy atom. The highest BCUT2D eigenvalue weighted by atomic mass is 35.5. The van der Waals surface area contributed by atoms with Gasteiger partial charge in [-0.3, -0.25) is 14.4 Å². The van der Waals surface area contributed by atoms with E-state index in [2.05, 4.69) is 15.3 Å². The first kappa shape index (κ1) is 16.9. The zero-order valence-corrected chi connectivity index (χ0v) is 14.3. The van der Waals surface area contributed by atoms with E-state index in [4.69, 9.17) is 11.6 Å². The molecule has 24 heavy (non-hydrogen) atoms. The van der Waals surface area contributed by atoms with Crippen molar-refractivity contribution < 1.29 is 9.18 Å².